The Hall–Kier alpha value is -2.24. The molecule has 0 spiro atoms. The highest BCUT2D eigenvalue weighted by atomic mass is 19.1. The average molecular weight is 374 g/mol. The third-order valence-electron chi connectivity index (χ3n) is 6.05. The first kappa shape index (κ1) is 18.1. The minimum Gasteiger partial charge on any atom is -0.348 e. The first-order chi connectivity index (χ1) is 13.1. The van der Waals surface area contributed by atoms with Gasteiger partial charge in [0, 0.05) is 30.3 Å². The van der Waals surface area contributed by atoms with Crippen molar-refractivity contribution in [2.75, 3.05) is 6.54 Å². The first-order valence-corrected chi connectivity index (χ1v) is 9.86. The molecule has 2 atom stereocenters. The van der Waals surface area contributed by atoms with E-state index in [0.717, 1.165) is 57.1 Å². The van der Waals surface area contributed by atoms with Crippen LogP contribution in [0.1, 0.15) is 61.9 Å². The number of benzene rings is 1. The number of ketones is 1. The highest BCUT2D eigenvalue weighted by Gasteiger charge is 2.37. The van der Waals surface area contributed by atoms with Gasteiger partial charge in [-0.25, -0.2) is 8.78 Å². The van der Waals surface area contributed by atoms with Crippen LogP contribution in [0, 0.1) is 17.6 Å². The number of nitrogens with zero attached hydrogens (tertiary/aromatic N) is 1. The molecule has 2 aliphatic rings. The fraction of sp³-hybridized carbons (Fsp3) is 0.524. The van der Waals surface area contributed by atoms with Crippen LogP contribution in [0.5, 0.6) is 0 Å². The molecule has 2 aromatic rings. The summed E-state index contributed by atoms with van der Waals surface area (Å²) in [6.07, 6.45) is 7.06. The van der Waals surface area contributed by atoms with E-state index in [0.29, 0.717) is 13.0 Å². The summed E-state index contributed by atoms with van der Waals surface area (Å²) in [5.74, 6) is -1.27. The highest BCUT2D eigenvalue weighted by Crippen LogP contribution is 2.32. The molecule has 1 N–H and O–H groups in total. The van der Waals surface area contributed by atoms with Gasteiger partial charge in [0.05, 0.1) is 5.52 Å². The molecule has 1 aromatic heterocycles. The number of aromatic amines is 1. The van der Waals surface area contributed by atoms with Crippen molar-refractivity contribution in [1.82, 2.24) is 9.88 Å². The van der Waals surface area contributed by atoms with Gasteiger partial charge < -0.3 is 9.88 Å². The molecule has 0 unspecified atom stereocenters. The minimum absolute atomic E-state index is 0.0125. The minimum atomic E-state index is -0.583. The smallest absolute Gasteiger partial charge is 0.270 e. The number of carbonyl (C=O) groups excluding carboxylic acids is 2. The van der Waals surface area contributed by atoms with Gasteiger partial charge in [-0.05, 0) is 43.9 Å². The van der Waals surface area contributed by atoms with E-state index in [1.807, 2.05) is 0 Å². The molecule has 1 aromatic carbocycles. The Morgan fingerprint density at radius 1 is 1.04 bits per heavy atom. The van der Waals surface area contributed by atoms with E-state index < -0.39 is 11.6 Å². The molecule has 0 radical (unpaired) electrons. The van der Waals surface area contributed by atoms with Gasteiger partial charge in [-0.2, -0.15) is 0 Å². The van der Waals surface area contributed by atoms with Gasteiger partial charge in [-0.15, -0.1) is 0 Å². The van der Waals surface area contributed by atoms with E-state index in [1.54, 1.807) is 4.90 Å². The molecule has 27 heavy (non-hydrogen) atoms. The van der Waals surface area contributed by atoms with Crippen molar-refractivity contribution in [2.24, 2.45) is 5.92 Å². The van der Waals surface area contributed by atoms with Crippen molar-refractivity contribution < 1.29 is 18.4 Å². The van der Waals surface area contributed by atoms with Crippen LogP contribution in [0.4, 0.5) is 8.78 Å². The molecule has 1 aliphatic carbocycles. The van der Waals surface area contributed by atoms with Crippen LogP contribution >= 0.6 is 0 Å². The number of fused-ring (bicyclic) bond motifs is 1. The van der Waals surface area contributed by atoms with E-state index in [2.05, 4.69) is 4.98 Å². The van der Waals surface area contributed by atoms with Gasteiger partial charge in [-0.1, -0.05) is 19.3 Å². The van der Waals surface area contributed by atoms with Crippen molar-refractivity contribution in [3.8, 4) is 0 Å². The number of halogens is 2. The van der Waals surface area contributed by atoms with Crippen molar-refractivity contribution >= 4 is 22.6 Å². The predicted molar refractivity (Wildman–Crippen MR) is 98.5 cm³/mol. The van der Waals surface area contributed by atoms with E-state index in [4.69, 9.17) is 0 Å². The Balaban J connectivity index is 1.68. The van der Waals surface area contributed by atoms with Crippen LogP contribution in [-0.4, -0.2) is 34.2 Å². The topological polar surface area (TPSA) is 53.2 Å². The molecule has 144 valence electrons. The summed E-state index contributed by atoms with van der Waals surface area (Å²) in [6.45, 7) is 0.577. The second-order valence-corrected chi connectivity index (χ2v) is 7.73. The maximum absolute atomic E-state index is 14.0. The standard InChI is InChI=1S/C21H24F2N2O2/c22-15-9-10-16(23)20-14(15)12-17(24-20)21(27)25-11-5-1-2-7-18(25)13-6-3-4-8-19(13)26/h9-10,12-13,18,24H,1-8,11H2/t13-,18-/m0/s1. The number of H-pyrrole nitrogens is 1. The number of aromatic nitrogens is 1. The molecule has 6 heteroatoms. The molecule has 2 heterocycles. The fourth-order valence-corrected chi connectivity index (χ4v) is 4.64. The summed E-state index contributed by atoms with van der Waals surface area (Å²) < 4.78 is 28.0. The molecule has 1 aliphatic heterocycles. The Morgan fingerprint density at radius 2 is 1.81 bits per heavy atom. The Bertz CT molecular complexity index is 837. The van der Waals surface area contributed by atoms with Crippen molar-refractivity contribution in [3.63, 3.8) is 0 Å². The van der Waals surface area contributed by atoms with Gasteiger partial charge >= 0.3 is 0 Å². The summed E-state index contributed by atoms with van der Waals surface area (Å²) in [6, 6.07) is 3.39. The van der Waals surface area contributed by atoms with Crippen LogP contribution in [0.15, 0.2) is 18.2 Å². The fourth-order valence-electron chi connectivity index (χ4n) is 4.64. The number of carbonyl (C=O) groups is 2. The SMILES string of the molecule is O=C1CCCC[C@H]1[C@@H]1CCCCCN1C(=O)c1cc2c(F)ccc(F)c2[nH]1. The lowest BCUT2D eigenvalue weighted by Gasteiger charge is -2.36. The molecular weight excluding hydrogens is 350 g/mol. The molecule has 1 saturated heterocycles. The zero-order valence-corrected chi connectivity index (χ0v) is 15.3. The number of likely N-dealkylation sites (tertiary alicyclic amines) is 1. The summed E-state index contributed by atoms with van der Waals surface area (Å²) in [5, 5.41) is 0.0819. The van der Waals surface area contributed by atoms with Crippen LogP contribution in [0.2, 0.25) is 0 Å². The molecule has 4 rings (SSSR count). The van der Waals surface area contributed by atoms with Crippen LogP contribution in [0.3, 0.4) is 0 Å². The Kier molecular flexibility index (Phi) is 4.98. The second-order valence-electron chi connectivity index (χ2n) is 7.73. The van der Waals surface area contributed by atoms with E-state index in [9.17, 15) is 18.4 Å². The molecule has 1 amide bonds. The second kappa shape index (κ2) is 7.41. The summed E-state index contributed by atoms with van der Waals surface area (Å²) in [4.78, 5) is 30.3. The number of rotatable bonds is 2. The lowest BCUT2D eigenvalue weighted by molar-refractivity contribution is -0.126. The van der Waals surface area contributed by atoms with Crippen molar-refractivity contribution in [2.45, 2.75) is 57.4 Å². The largest absolute Gasteiger partial charge is 0.348 e. The summed E-state index contributed by atoms with van der Waals surface area (Å²) in [7, 11) is 0. The van der Waals surface area contributed by atoms with Crippen LogP contribution in [-0.2, 0) is 4.79 Å². The van der Waals surface area contributed by atoms with E-state index in [-0.39, 0.29) is 40.2 Å². The van der Waals surface area contributed by atoms with Gasteiger partial charge in [0.15, 0.2) is 0 Å². The predicted octanol–water partition coefficient (Wildman–Crippen LogP) is 4.59. The van der Waals surface area contributed by atoms with Crippen LogP contribution in [0.25, 0.3) is 10.9 Å². The van der Waals surface area contributed by atoms with Gasteiger partial charge in [0.25, 0.3) is 5.91 Å². The van der Waals surface area contributed by atoms with E-state index in [1.165, 1.54) is 6.07 Å². The van der Waals surface area contributed by atoms with Gasteiger partial charge in [0.1, 0.15) is 23.1 Å². The third-order valence-corrected chi connectivity index (χ3v) is 6.05. The maximum atomic E-state index is 14.0. The number of hydrogen-bond donors (Lipinski definition) is 1. The number of nitrogens with one attached hydrogen (secondary N) is 1. The first-order valence-electron chi connectivity index (χ1n) is 9.86. The normalized spacial score (nSPS) is 24.2. The lowest BCUT2D eigenvalue weighted by Crippen LogP contribution is -2.47. The van der Waals surface area contributed by atoms with Crippen molar-refractivity contribution in [3.05, 3.63) is 35.5 Å². The molecule has 4 nitrogen and oxygen atoms in total. The summed E-state index contributed by atoms with van der Waals surface area (Å²) >= 11 is 0. The molecule has 1 saturated carbocycles. The van der Waals surface area contributed by atoms with E-state index >= 15 is 0 Å². The summed E-state index contributed by atoms with van der Waals surface area (Å²) in [5.41, 5.74) is 0.197. The molecular formula is C21H24F2N2O2. The van der Waals surface area contributed by atoms with Crippen LogP contribution < -0.4 is 0 Å². The Labute approximate surface area is 156 Å². The van der Waals surface area contributed by atoms with Gasteiger partial charge in [-0.3, -0.25) is 9.59 Å². The zero-order valence-electron chi connectivity index (χ0n) is 15.3. The number of Topliss-reactive ketones (excluding diaryl/α,β-unsaturated/α-hetero) is 1. The molecule has 0 bridgehead atoms. The molecule has 2 fully saturated rings. The number of hydrogen-bond acceptors (Lipinski definition) is 2. The Morgan fingerprint density at radius 3 is 2.59 bits per heavy atom. The van der Waals surface area contributed by atoms with Gasteiger partial charge in [0.2, 0.25) is 0 Å². The highest BCUT2D eigenvalue weighted by molar-refractivity contribution is 5.98. The average Bonchev–Trinajstić information content (AvgIpc) is 2.99. The monoisotopic (exact) mass is 374 g/mol. The number of amides is 1. The third kappa shape index (κ3) is 3.37. The van der Waals surface area contributed by atoms with Crippen molar-refractivity contribution in [1.29, 1.82) is 0 Å². The maximum Gasteiger partial charge on any atom is 0.270 e. The quantitative estimate of drug-likeness (QED) is 0.836. The lowest BCUT2D eigenvalue weighted by atomic mass is 9.80. The zero-order chi connectivity index (χ0) is 19.0.